The molecule has 0 radical (unpaired) electrons. The lowest BCUT2D eigenvalue weighted by molar-refractivity contribution is 0.419. The Morgan fingerprint density at radius 3 is 2.84 bits per heavy atom. The standard InChI is InChI=1S/C17H15ClN6O/c1-23-17-14(9-19-23)15(25-2)7-16(22-17)21-12-8-20-24(10-12)13-5-3-4-11(18)6-13/h3-10H,1-2H3,(H,21,22). The van der Waals surface area contributed by atoms with Crippen LogP contribution in [0.5, 0.6) is 5.75 Å². The van der Waals surface area contributed by atoms with E-state index in [-0.39, 0.29) is 0 Å². The van der Waals surface area contributed by atoms with Gasteiger partial charge in [-0.1, -0.05) is 17.7 Å². The fourth-order valence-electron chi connectivity index (χ4n) is 2.61. The molecule has 0 atom stereocenters. The minimum absolute atomic E-state index is 0.651. The summed E-state index contributed by atoms with van der Waals surface area (Å²) in [7, 11) is 3.47. The van der Waals surface area contributed by atoms with Crippen molar-refractivity contribution in [2.75, 3.05) is 12.4 Å². The molecule has 3 heterocycles. The molecule has 0 aliphatic carbocycles. The molecule has 3 aromatic heterocycles. The summed E-state index contributed by atoms with van der Waals surface area (Å²) in [5, 5.41) is 13.3. The van der Waals surface area contributed by atoms with Gasteiger partial charge in [0.25, 0.3) is 0 Å². The van der Waals surface area contributed by atoms with Gasteiger partial charge in [-0.15, -0.1) is 0 Å². The highest BCUT2D eigenvalue weighted by atomic mass is 35.5. The van der Waals surface area contributed by atoms with E-state index in [0.29, 0.717) is 16.6 Å². The number of methoxy groups -OCH3 is 1. The normalized spacial score (nSPS) is 11.0. The highest BCUT2D eigenvalue weighted by molar-refractivity contribution is 6.30. The van der Waals surface area contributed by atoms with Crippen molar-refractivity contribution in [2.24, 2.45) is 7.05 Å². The quantitative estimate of drug-likeness (QED) is 0.606. The summed E-state index contributed by atoms with van der Waals surface area (Å²) in [6.45, 7) is 0. The lowest BCUT2D eigenvalue weighted by Gasteiger charge is -2.07. The Labute approximate surface area is 148 Å². The molecule has 4 rings (SSSR count). The number of nitrogens with zero attached hydrogens (tertiary/aromatic N) is 5. The minimum atomic E-state index is 0.651. The number of rotatable bonds is 4. The first-order valence-electron chi connectivity index (χ1n) is 7.58. The van der Waals surface area contributed by atoms with Crippen molar-refractivity contribution in [1.82, 2.24) is 24.5 Å². The van der Waals surface area contributed by atoms with Crippen molar-refractivity contribution in [3.8, 4) is 11.4 Å². The van der Waals surface area contributed by atoms with Crippen LogP contribution >= 0.6 is 11.6 Å². The molecule has 0 bridgehead atoms. The van der Waals surface area contributed by atoms with E-state index < -0.39 is 0 Å². The lowest BCUT2D eigenvalue weighted by Crippen LogP contribution is -1.98. The predicted molar refractivity (Wildman–Crippen MR) is 96.9 cm³/mol. The third-order valence-corrected chi connectivity index (χ3v) is 4.05. The van der Waals surface area contributed by atoms with Crippen LogP contribution in [0, 0.1) is 0 Å². The van der Waals surface area contributed by atoms with E-state index in [1.165, 1.54) is 0 Å². The average Bonchev–Trinajstić information content (AvgIpc) is 3.22. The molecule has 0 spiro atoms. The Bertz CT molecular complexity index is 1050. The summed E-state index contributed by atoms with van der Waals surface area (Å²) in [4.78, 5) is 4.59. The van der Waals surface area contributed by atoms with Crippen molar-refractivity contribution in [2.45, 2.75) is 0 Å². The Morgan fingerprint density at radius 2 is 2.04 bits per heavy atom. The molecule has 25 heavy (non-hydrogen) atoms. The number of ether oxygens (including phenoxy) is 1. The highest BCUT2D eigenvalue weighted by Crippen LogP contribution is 2.28. The molecule has 0 saturated heterocycles. The molecule has 0 saturated carbocycles. The van der Waals surface area contributed by atoms with E-state index in [0.717, 1.165) is 22.4 Å². The number of pyridine rings is 1. The number of hydrogen-bond donors (Lipinski definition) is 1. The van der Waals surface area contributed by atoms with E-state index in [1.54, 1.807) is 28.9 Å². The molecule has 0 aliphatic rings. The molecule has 7 nitrogen and oxygen atoms in total. The minimum Gasteiger partial charge on any atom is -0.496 e. The van der Waals surface area contributed by atoms with Gasteiger partial charge in [0.15, 0.2) is 5.65 Å². The molecule has 0 fully saturated rings. The molecular weight excluding hydrogens is 340 g/mol. The summed E-state index contributed by atoms with van der Waals surface area (Å²) in [5.41, 5.74) is 2.42. The van der Waals surface area contributed by atoms with E-state index in [9.17, 15) is 0 Å². The number of aromatic nitrogens is 5. The summed E-state index contributed by atoms with van der Waals surface area (Å²) in [5.74, 6) is 1.36. The number of halogens is 1. The van der Waals surface area contributed by atoms with E-state index >= 15 is 0 Å². The van der Waals surface area contributed by atoms with Crippen LogP contribution in [0.4, 0.5) is 11.5 Å². The summed E-state index contributed by atoms with van der Waals surface area (Å²) in [6.07, 6.45) is 5.33. The van der Waals surface area contributed by atoms with Gasteiger partial charge in [-0.3, -0.25) is 4.68 Å². The van der Waals surface area contributed by atoms with Crippen LogP contribution in [0.1, 0.15) is 0 Å². The first kappa shape index (κ1) is 15.5. The Balaban J connectivity index is 1.67. The smallest absolute Gasteiger partial charge is 0.163 e. The van der Waals surface area contributed by atoms with Gasteiger partial charge in [0.1, 0.15) is 11.6 Å². The van der Waals surface area contributed by atoms with Crippen LogP contribution in [0.2, 0.25) is 5.02 Å². The van der Waals surface area contributed by atoms with Crippen molar-refractivity contribution in [1.29, 1.82) is 0 Å². The van der Waals surface area contributed by atoms with Crippen molar-refractivity contribution in [3.63, 3.8) is 0 Å². The zero-order valence-corrected chi connectivity index (χ0v) is 14.4. The molecule has 126 valence electrons. The largest absolute Gasteiger partial charge is 0.496 e. The van der Waals surface area contributed by atoms with Crippen LogP contribution in [0.3, 0.4) is 0 Å². The number of anilines is 2. The Kier molecular flexibility index (Phi) is 3.77. The van der Waals surface area contributed by atoms with Crippen LogP contribution < -0.4 is 10.1 Å². The summed E-state index contributed by atoms with van der Waals surface area (Å²) < 4.78 is 8.89. The number of nitrogens with one attached hydrogen (secondary N) is 1. The van der Waals surface area contributed by atoms with Gasteiger partial charge in [-0.05, 0) is 18.2 Å². The van der Waals surface area contributed by atoms with E-state index in [4.69, 9.17) is 16.3 Å². The zero-order chi connectivity index (χ0) is 17.4. The van der Waals surface area contributed by atoms with Crippen LogP contribution in [-0.4, -0.2) is 31.7 Å². The third kappa shape index (κ3) is 2.89. The second kappa shape index (κ2) is 6.10. The topological polar surface area (TPSA) is 69.8 Å². The lowest BCUT2D eigenvalue weighted by atomic mass is 10.3. The monoisotopic (exact) mass is 354 g/mol. The second-order valence-corrected chi connectivity index (χ2v) is 5.93. The molecule has 1 aromatic carbocycles. The predicted octanol–water partition coefficient (Wildman–Crippen LogP) is 3.56. The Hall–Kier alpha value is -3.06. The number of fused-ring (bicyclic) bond motifs is 1. The van der Waals surface area contributed by atoms with Crippen LogP contribution in [0.25, 0.3) is 16.7 Å². The fraction of sp³-hybridized carbons (Fsp3) is 0.118. The van der Waals surface area contributed by atoms with Gasteiger partial charge in [0.2, 0.25) is 0 Å². The molecule has 0 unspecified atom stereocenters. The summed E-state index contributed by atoms with van der Waals surface area (Å²) >= 11 is 6.04. The zero-order valence-electron chi connectivity index (χ0n) is 13.6. The third-order valence-electron chi connectivity index (χ3n) is 3.81. The molecular formula is C17H15ClN6O. The van der Waals surface area contributed by atoms with Crippen molar-refractivity contribution >= 4 is 34.1 Å². The van der Waals surface area contributed by atoms with Gasteiger partial charge in [0.05, 0.1) is 42.5 Å². The van der Waals surface area contributed by atoms with Crippen LogP contribution in [0.15, 0.2) is 48.9 Å². The number of aryl methyl sites for hydroxylation is 1. The van der Waals surface area contributed by atoms with Gasteiger partial charge < -0.3 is 10.1 Å². The molecule has 1 N–H and O–H groups in total. The first-order valence-corrected chi connectivity index (χ1v) is 7.96. The van der Waals surface area contributed by atoms with Gasteiger partial charge in [-0.2, -0.15) is 10.2 Å². The Morgan fingerprint density at radius 1 is 1.16 bits per heavy atom. The maximum Gasteiger partial charge on any atom is 0.163 e. The van der Waals surface area contributed by atoms with Crippen molar-refractivity contribution in [3.05, 3.63) is 53.9 Å². The van der Waals surface area contributed by atoms with Gasteiger partial charge >= 0.3 is 0 Å². The summed E-state index contributed by atoms with van der Waals surface area (Å²) in [6, 6.07) is 9.33. The second-order valence-electron chi connectivity index (χ2n) is 5.49. The van der Waals surface area contributed by atoms with E-state index in [2.05, 4.69) is 20.5 Å². The number of hydrogen-bond acceptors (Lipinski definition) is 5. The fourth-order valence-corrected chi connectivity index (χ4v) is 2.80. The molecule has 0 amide bonds. The maximum atomic E-state index is 6.04. The maximum absolute atomic E-state index is 6.04. The molecule has 8 heteroatoms. The molecule has 0 aliphatic heterocycles. The number of benzene rings is 1. The highest BCUT2D eigenvalue weighted by Gasteiger charge is 2.11. The van der Waals surface area contributed by atoms with Gasteiger partial charge in [-0.25, -0.2) is 9.67 Å². The first-order chi connectivity index (χ1) is 12.1. The van der Waals surface area contributed by atoms with Crippen LogP contribution in [-0.2, 0) is 7.05 Å². The average molecular weight is 355 g/mol. The van der Waals surface area contributed by atoms with Gasteiger partial charge in [0, 0.05) is 18.1 Å². The SMILES string of the molecule is COc1cc(Nc2cnn(-c3cccc(Cl)c3)c2)nc2c1cnn2C. The van der Waals surface area contributed by atoms with Crippen molar-refractivity contribution < 1.29 is 4.74 Å². The van der Waals surface area contributed by atoms with E-state index in [1.807, 2.05) is 43.6 Å². The molecule has 4 aromatic rings.